The van der Waals surface area contributed by atoms with Crippen molar-refractivity contribution in [3.8, 4) is 0 Å². The standard InChI is InChI=1S/C14H26N2O4/c1-9(15-10(2)17)12-7-6-11(8-19-12)16-13(18)20-14(3,4)5/h9,11-12H,6-8H2,1-5H3,(H,15,17)(H,16,18)/t9?,11-,12+/m1/s1. The highest BCUT2D eigenvalue weighted by Crippen LogP contribution is 2.17. The smallest absolute Gasteiger partial charge is 0.407 e. The highest BCUT2D eigenvalue weighted by molar-refractivity contribution is 5.73. The minimum atomic E-state index is -0.498. The Morgan fingerprint density at radius 3 is 2.40 bits per heavy atom. The van der Waals surface area contributed by atoms with E-state index in [0.29, 0.717) is 6.61 Å². The molecule has 0 saturated carbocycles. The molecule has 6 nitrogen and oxygen atoms in total. The van der Waals surface area contributed by atoms with E-state index in [2.05, 4.69) is 10.6 Å². The van der Waals surface area contributed by atoms with Crippen molar-refractivity contribution < 1.29 is 19.1 Å². The van der Waals surface area contributed by atoms with Gasteiger partial charge in [-0.3, -0.25) is 4.79 Å². The maximum atomic E-state index is 11.6. The van der Waals surface area contributed by atoms with Gasteiger partial charge in [0.05, 0.1) is 24.8 Å². The molecule has 1 rings (SSSR count). The molecule has 1 heterocycles. The first-order valence-electron chi connectivity index (χ1n) is 7.05. The zero-order valence-electron chi connectivity index (χ0n) is 13.0. The second kappa shape index (κ2) is 6.92. The molecule has 1 saturated heterocycles. The van der Waals surface area contributed by atoms with Crippen molar-refractivity contribution in [1.82, 2.24) is 10.6 Å². The van der Waals surface area contributed by atoms with E-state index >= 15 is 0 Å². The van der Waals surface area contributed by atoms with Gasteiger partial charge >= 0.3 is 6.09 Å². The number of amides is 2. The lowest BCUT2D eigenvalue weighted by molar-refractivity contribution is -0.121. The summed E-state index contributed by atoms with van der Waals surface area (Å²) in [5.74, 6) is -0.0601. The van der Waals surface area contributed by atoms with E-state index in [1.54, 1.807) is 0 Å². The molecule has 1 aliphatic rings. The van der Waals surface area contributed by atoms with Crippen LogP contribution in [0, 0.1) is 0 Å². The van der Waals surface area contributed by atoms with Crippen molar-refractivity contribution in [3.05, 3.63) is 0 Å². The van der Waals surface area contributed by atoms with E-state index in [-0.39, 0.29) is 24.1 Å². The Balaban J connectivity index is 2.32. The van der Waals surface area contributed by atoms with Gasteiger partial charge in [-0.05, 0) is 40.5 Å². The largest absolute Gasteiger partial charge is 0.444 e. The molecule has 0 aromatic heterocycles. The summed E-state index contributed by atoms with van der Waals surface area (Å²) in [5.41, 5.74) is -0.498. The van der Waals surface area contributed by atoms with E-state index in [1.165, 1.54) is 6.92 Å². The van der Waals surface area contributed by atoms with Gasteiger partial charge in [0.25, 0.3) is 0 Å². The van der Waals surface area contributed by atoms with Gasteiger partial charge in [-0.15, -0.1) is 0 Å². The minimum Gasteiger partial charge on any atom is -0.444 e. The van der Waals surface area contributed by atoms with Crippen LogP contribution in [0.25, 0.3) is 0 Å². The number of carbonyl (C=O) groups is 2. The first-order valence-corrected chi connectivity index (χ1v) is 7.05. The number of ether oxygens (including phenoxy) is 2. The van der Waals surface area contributed by atoms with Crippen molar-refractivity contribution in [2.24, 2.45) is 0 Å². The summed E-state index contributed by atoms with van der Waals surface area (Å²) in [7, 11) is 0. The topological polar surface area (TPSA) is 76.7 Å². The summed E-state index contributed by atoms with van der Waals surface area (Å²) in [5, 5.41) is 5.63. The average molecular weight is 286 g/mol. The van der Waals surface area contributed by atoms with Crippen LogP contribution in [0.1, 0.15) is 47.5 Å². The fourth-order valence-corrected chi connectivity index (χ4v) is 2.17. The summed E-state index contributed by atoms with van der Waals surface area (Å²) in [6.07, 6.45) is 1.19. The number of hydrogen-bond donors (Lipinski definition) is 2. The molecule has 2 N–H and O–H groups in total. The zero-order valence-corrected chi connectivity index (χ0v) is 13.0. The zero-order chi connectivity index (χ0) is 15.3. The second-order valence-electron chi connectivity index (χ2n) is 6.28. The van der Waals surface area contributed by atoms with Crippen molar-refractivity contribution >= 4 is 12.0 Å². The van der Waals surface area contributed by atoms with E-state index in [1.807, 2.05) is 27.7 Å². The van der Waals surface area contributed by atoms with Gasteiger partial charge in [-0.1, -0.05) is 0 Å². The van der Waals surface area contributed by atoms with Crippen LogP contribution >= 0.6 is 0 Å². The van der Waals surface area contributed by atoms with Crippen LogP contribution in [0.15, 0.2) is 0 Å². The lowest BCUT2D eigenvalue weighted by Gasteiger charge is -2.33. The molecule has 0 spiro atoms. The van der Waals surface area contributed by atoms with Crippen LogP contribution in [-0.4, -0.2) is 42.4 Å². The molecule has 0 bridgehead atoms. The second-order valence-corrected chi connectivity index (χ2v) is 6.28. The third-order valence-corrected chi connectivity index (χ3v) is 3.02. The summed E-state index contributed by atoms with van der Waals surface area (Å²) in [4.78, 5) is 22.6. The summed E-state index contributed by atoms with van der Waals surface area (Å²) in [6, 6.07) is -0.0550. The minimum absolute atomic E-state index is 0.00409. The van der Waals surface area contributed by atoms with Crippen LogP contribution in [-0.2, 0) is 14.3 Å². The Morgan fingerprint density at radius 2 is 1.95 bits per heavy atom. The fraction of sp³-hybridized carbons (Fsp3) is 0.857. The lowest BCUT2D eigenvalue weighted by Crippen LogP contribution is -2.49. The molecule has 6 heteroatoms. The normalized spacial score (nSPS) is 24.6. The number of hydrogen-bond acceptors (Lipinski definition) is 4. The molecule has 3 atom stereocenters. The predicted molar refractivity (Wildman–Crippen MR) is 75.4 cm³/mol. The van der Waals surface area contributed by atoms with E-state index in [9.17, 15) is 9.59 Å². The monoisotopic (exact) mass is 286 g/mol. The molecule has 116 valence electrons. The number of carbonyl (C=O) groups excluding carboxylic acids is 2. The number of nitrogens with one attached hydrogen (secondary N) is 2. The van der Waals surface area contributed by atoms with E-state index < -0.39 is 11.7 Å². The van der Waals surface area contributed by atoms with Crippen LogP contribution in [0.3, 0.4) is 0 Å². The first kappa shape index (κ1) is 16.8. The molecule has 1 unspecified atom stereocenters. The Hall–Kier alpha value is -1.30. The molecule has 0 aromatic carbocycles. The number of alkyl carbamates (subject to hydrolysis) is 1. The Morgan fingerprint density at radius 1 is 1.30 bits per heavy atom. The molecule has 0 aromatic rings. The highest BCUT2D eigenvalue weighted by Gasteiger charge is 2.28. The molecule has 20 heavy (non-hydrogen) atoms. The van der Waals surface area contributed by atoms with Crippen LogP contribution < -0.4 is 10.6 Å². The van der Waals surface area contributed by atoms with Crippen LogP contribution in [0.4, 0.5) is 4.79 Å². The van der Waals surface area contributed by atoms with Gasteiger partial charge in [0, 0.05) is 6.92 Å². The van der Waals surface area contributed by atoms with Gasteiger partial charge in [0.1, 0.15) is 5.60 Å². The first-order chi connectivity index (χ1) is 9.17. The molecule has 1 fully saturated rings. The van der Waals surface area contributed by atoms with Crippen molar-refractivity contribution in [3.63, 3.8) is 0 Å². The van der Waals surface area contributed by atoms with Crippen molar-refractivity contribution in [1.29, 1.82) is 0 Å². The summed E-state index contributed by atoms with van der Waals surface area (Å²) >= 11 is 0. The summed E-state index contributed by atoms with van der Waals surface area (Å²) in [6.45, 7) is 9.34. The predicted octanol–water partition coefficient (Wildman–Crippen LogP) is 1.58. The van der Waals surface area contributed by atoms with Crippen molar-refractivity contribution in [2.45, 2.75) is 71.2 Å². The summed E-state index contributed by atoms with van der Waals surface area (Å²) < 4.78 is 10.9. The molecule has 2 amide bonds. The van der Waals surface area contributed by atoms with Crippen LogP contribution in [0.2, 0.25) is 0 Å². The maximum Gasteiger partial charge on any atom is 0.407 e. The maximum absolute atomic E-state index is 11.6. The van der Waals surface area contributed by atoms with Gasteiger partial charge in [-0.25, -0.2) is 4.79 Å². The van der Waals surface area contributed by atoms with Gasteiger partial charge < -0.3 is 20.1 Å². The Kier molecular flexibility index (Phi) is 5.80. The highest BCUT2D eigenvalue weighted by atomic mass is 16.6. The molecular formula is C14H26N2O4. The number of rotatable bonds is 3. The van der Waals surface area contributed by atoms with Gasteiger partial charge in [0.2, 0.25) is 5.91 Å². The SMILES string of the molecule is CC(=O)NC(C)[C@@H]1CC[C@@H](NC(=O)OC(C)(C)C)CO1. The van der Waals surface area contributed by atoms with Gasteiger partial charge in [-0.2, -0.15) is 0 Å². The third-order valence-electron chi connectivity index (χ3n) is 3.02. The quantitative estimate of drug-likeness (QED) is 0.826. The van der Waals surface area contributed by atoms with Gasteiger partial charge in [0.15, 0.2) is 0 Å². The van der Waals surface area contributed by atoms with Crippen molar-refractivity contribution in [2.75, 3.05) is 6.61 Å². The molecule has 0 aliphatic carbocycles. The Labute approximate surface area is 120 Å². The van der Waals surface area contributed by atoms with E-state index in [0.717, 1.165) is 12.8 Å². The molecule has 0 radical (unpaired) electrons. The fourth-order valence-electron chi connectivity index (χ4n) is 2.17. The Bertz CT molecular complexity index is 344. The molecular weight excluding hydrogens is 260 g/mol. The van der Waals surface area contributed by atoms with E-state index in [4.69, 9.17) is 9.47 Å². The van der Waals surface area contributed by atoms with Crippen LogP contribution in [0.5, 0.6) is 0 Å². The molecule has 1 aliphatic heterocycles. The average Bonchev–Trinajstić information content (AvgIpc) is 2.26. The third kappa shape index (κ3) is 6.23. The lowest BCUT2D eigenvalue weighted by atomic mass is 10.0.